The molecule has 0 spiro atoms. The van der Waals surface area contributed by atoms with Crippen molar-refractivity contribution in [3.8, 4) is 10.7 Å². The van der Waals surface area contributed by atoms with Gasteiger partial charge in [0.2, 0.25) is 0 Å². The Morgan fingerprint density at radius 2 is 1.85 bits per heavy atom. The number of alkyl halides is 2. The summed E-state index contributed by atoms with van der Waals surface area (Å²) in [6.45, 7) is 17.0. The Labute approximate surface area is 277 Å². The third-order valence-corrected chi connectivity index (χ3v) is 12.9. The van der Waals surface area contributed by atoms with Crippen molar-refractivity contribution in [1.29, 1.82) is 0 Å². The van der Waals surface area contributed by atoms with Crippen LogP contribution in [-0.2, 0) is 21.8 Å². The maximum Gasteiger partial charge on any atom is 0.303 e. The number of hydrogen-bond donors (Lipinski definition) is 0. The van der Waals surface area contributed by atoms with Crippen LogP contribution in [-0.4, -0.2) is 96.2 Å². The van der Waals surface area contributed by atoms with Gasteiger partial charge in [0.05, 0.1) is 28.9 Å². The molecule has 0 N–H and O–H groups in total. The third-order valence-electron chi connectivity index (χ3n) is 8.39. The van der Waals surface area contributed by atoms with E-state index in [1.165, 1.54) is 10.4 Å². The number of aryl methyl sites for hydroxylation is 1. The minimum absolute atomic E-state index is 0.0343. The van der Waals surface area contributed by atoms with Gasteiger partial charge < -0.3 is 14.5 Å². The standard InChI is InChI=1S/C29H36F2N10O3S2Si/c1-32-29(8-9-29)41(19-44-15-16-47(3,4)5)46(42,43)20-17-21-24(27-35-36-28(45-27)26(30)31)37-38(2)25(21)22(18-20)39-11-13-40(14-12-39)23-7-6-10-33-34-23/h6-7,10,17-18,26H,8-9,11-16,19H2,2-5H3. The summed E-state index contributed by atoms with van der Waals surface area (Å²) in [7, 11) is -3.98. The molecule has 0 unspecified atom stereocenters. The highest BCUT2D eigenvalue weighted by Crippen LogP contribution is 2.47. The Hall–Kier alpha value is -3.63. The number of piperazine rings is 1. The number of benzene rings is 1. The maximum absolute atomic E-state index is 14.6. The minimum Gasteiger partial charge on any atom is -0.366 e. The Bertz CT molecular complexity index is 1900. The first-order chi connectivity index (χ1) is 22.3. The van der Waals surface area contributed by atoms with E-state index in [1.54, 1.807) is 24.0 Å². The number of nitrogens with zero attached hydrogens (tertiary/aromatic N) is 10. The van der Waals surface area contributed by atoms with Gasteiger partial charge in [-0.1, -0.05) is 35.3 Å². The lowest BCUT2D eigenvalue weighted by Gasteiger charge is -2.37. The van der Waals surface area contributed by atoms with Crippen molar-refractivity contribution in [2.45, 2.75) is 55.5 Å². The van der Waals surface area contributed by atoms with Crippen molar-refractivity contribution < 1.29 is 21.9 Å². The van der Waals surface area contributed by atoms with Crippen molar-refractivity contribution in [2.75, 3.05) is 49.3 Å². The first kappa shape index (κ1) is 33.3. The Kier molecular flexibility index (Phi) is 9.04. The maximum atomic E-state index is 14.6. The summed E-state index contributed by atoms with van der Waals surface area (Å²) in [6, 6.07) is 7.70. The number of aromatic nitrogens is 6. The summed E-state index contributed by atoms with van der Waals surface area (Å²) in [4.78, 5) is 7.90. The third kappa shape index (κ3) is 6.72. The Morgan fingerprint density at radius 3 is 2.45 bits per heavy atom. The molecule has 250 valence electrons. The zero-order valence-corrected chi connectivity index (χ0v) is 29.2. The highest BCUT2D eigenvalue weighted by Gasteiger charge is 2.61. The highest BCUT2D eigenvalue weighted by molar-refractivity contribution is 7.89. The fraction of sp³-hybridized carbons (Fsp3) is 0.517. The summed E-state index contributed by atoms with van der Waals surface area (Å²) >= 11 is 0.717. The number of hydrogen-bond acceptors (Lipinski definition) is 11. The van der Waals surface area contributed by atoms with E-state index >= 15 is 0 Å². The molecule has 6 rings (SSSR count). The zero-order valence-electron chi connectivity index (χ0n) is 26.6. The number of anilines is 2. The Morgan fingerprint density at radius 1 is 1.13 bits per heavy atom. The molecule has 1 aromatic carbocycles. The van der Waals surface area contributed by atoms with Gasteiger partial charge in [-0.15, -0.1) is 15.3 Å². The van der Waals surface area contributed by atoms with Crippen molar-refractivity contribution in [1.82, 2.24) is 34.5 Å². The molecule has 4 heterocycles. The number of fused-ring (bicyclic) bond motifs is 1. The van der Waals surface area contributed by atoms with E-state index in [0.29, 0.717) is 62.2 Å². The number of rotatable bonds is 12. The molecule has 1 aliphatic carbocycles. The van der Waals surface area contributed by atoms with Gasteiger partial charge in [-0.25, -0.2) is 23.8 Å². The second-order valence-corrected chi connectivity index (χ2v) is 21.4. The molecule has 1 aliphatic heterocycles. The lowest BCUT2D eigenvalue weighted by atomic mass is 10.1. The summed E-state index contributed by atoms with van der Waals surface area (Å²) < 4.78 is 64.8. The fourth-order valence-electron chi connectivity index (χ4n) is 5.57. The van der Waals surface area contributed by atoms with Gasteiger partial charge >= 0.3 is 5.66 Å². The average molecular weight is 703 g/mol. The molecule has 2 fully saturated rings. The van der Waals surface area contributed by atoms with E-state index in [9.17, 15) is 17.2 Å². The molecular formula is C29H36F2N10O3S2Si. The van der Waals surface area contributed by atoms with E-state index < -0.39 is 35.2 Å². The van der Waals surface area contributed by atoms with Gasteiger partial charge in [-0.05, 0) is 30.3 Å². The molecule has 13 nitrogen and oxygen atoms in total. The molecule has 2 aliphatic rings. The smallest absolute Gasteiger partial charge is 0.303 e. The normalized spacial score (nSPS) is 16.7. The second kappa shape index (κ2) is 12.8. The predicted molar refractivity (Wildman–Crippen MR) is 178 cm³/mol. The molecule has 18 heteroatoms. The topological polar surface area (TPSA) is 127 Å². The molecule has 1 saturated heterocycles. The lowest BCUT2D eigenvalue weighted by Crippen LogP contribution is -2.47. The van der Waals surface area contributed by atoms with Crippen LogP contribution in [0.25, 0.3) is 26.4 Å². The average Bonchev–Trinajstić information content (AvgIpc) is 3.53. The van der Waals surface area contributed by atoms with E-state index in [4.69, 9.17) is 11.3 Å². The molecule has 0 radical (unpaired) electrons. The minimum atomic E-state index is -4.27. The van der Waals surface area contributed by atoms with E-state index in [1.807, 2.05) is 12.1 Å². The van der Waals surface area contributed by atoms with E-state index in [-0.39, 0.29) is 22.3 Å². The van der Waals surface area contributed by atoms with Gasteiger partial charge in [0.15, 0.2) is 15.8 Å². The van der Waals surface area contributed by atoms with Crippen LogP contribution in [0.5, 0.6) is 0 Å². The van der Waals surface area contributed by atoms with Crippen LogP contribution in [0, 0.1) is 6.57 Å². The van der Waals surface area contributed by atoms with Crippen LogP contribution in [0.15, 0.2) is 35.4 Å². The van der Waals surface area contributed by atoms with Gasteiger partial charge in [0.1, 0.15) is 12.4 Å². The van der Waals surface area contributed by atoms with Crippen LogP contribution in [0.4, 0.5) is 20.3 Å². The first-order valence-corrected chi connectivity index (χ1v) is 21.2. The molecule has 3 aromatic heterocycles. The predicted octanol–water partition coefficient (Wildman–Crippen LogP) is 4.86. The van der Waals surface area contributed by atoms with E-state index in [0.717, 1.165) is 23.2 Å². The van der Waals surface area contributed by atoms with Gasteiger partial charge in [0.25, 0.3) is 16.4 Å². The van der Waals surface area contributed by atoms with Gasteiger partial charge in [-0.2, -0.15) is 10.2 Å². The second-order valence-electron chi connectivity index (χ2n) is 12.9. The quantitative estimate of drug-likeness (QED) is 0.0875. The summed E-state index contributed by atoms with van der Waals surface area (Å²) in [5.41, 5.74) is 0.295. The molecule has 4 aromatic rings. The van der Waals surface area contributed by atoms with Crippen LogP contribution in [0.1, 0.15) is 24.3 Å². The lowest BCUT2D eigenvalue weighted by molar-refractivity contribution is 0.0642. The number of halogens is 2. The van der Waals surface area contributed by atoms with Gasteiger partial charge in [0, 0.05) is 59.5 Å². The largest absolute Gasteiger partial charge is 0.366 e. The van der Waals surface area contributed by atoms with E-state index in [2.05, 4.69) is 59.8 Å². The summed E-state index contributed by atoms with van der Waals surface area (Å²) in [6.07, 6.45) is -0.366. The van der Waals surface area contributed by atoms with Crippen molar-refractivity contribution in [3.05, 3.63) is 46.9 Å². The van der Waals surface area contributed by atoms with Crippen molar-refractivity contribution in [3.63, 3.8) is 0 Å². The van der Waals surface area contributed by atoms with Crippen LogP contribution < -0.4 is 9.80 Å². The number of ether oxygens (including phenoxy) is 1. The molecule has 47 heavy (non-hydrogen) atoms. The molecule has 1 saturated carbocycles. The molecule has 0 bridgehead atoms. The van der Waals surface area contributed by atoms with Crippen molar-refractivity contribution in [2.24, 2.45) is 7.05 Å². The molecule has 0 atom stereocenters. The SMILES string of the molecule is [C-]#[N+]C1(N(COCC[Si](C)(C)C)S(=O)(=O)c2cc(N3CCN(c4cccnn4)CC3)c3c(c2)c(-c2nnc(C(F)F)s2)nn3C)CC1. The van der Waals surface area contributed by atoms with Crippen LogP contribution in [0.3, 0.4) is 0 Å². The Balaban J connectivity index is 1.43. The fourth-order valence-corrected chi connectivity index (χ4v) is 8.69. The first-order valence-electron chi connectivity index (χ1n) is 15.2. The van der Waals surface area contributed by atoms with Gasteiger partial charge in [-0.3, -0.25) is 9.53 Å². The number of sulfonamides is 1. The molecular weight excluding hydrogens is 667 g/mol. The van der Waals surface area contributed by atoms with Crippen LogP contribution >= 0.6 is 11.3 Å². The zero-order chi connectivity index (χ0) is 33.6. The monoisotopic (exact) mass is 702 g/mol. The highest BCUT2D eigenvalue weighted by atomic mass is 32.2. The summed E-state index contributed by atoms with van der Waals surface area (Å²) in [5, 5.41) is 20.6. The van der Waals surface area contributed by atoms with Crippen LogP contribution in [0.2, 0.25) is 25.7 Å². The molecule has 0 amide bonds. The van der Waals surface area contributed by atoms with Crippen molar-refractivity contribution >= 4 is 51.8 Å². The summed E-state index contributed by atoms with van der Waals surface area (Å²) in [5.74, 6) is 0.751.